The second kappa shape index (κ2) is 9.07. The zero-order valence-corrected chi connectivity index (χ0v) is 17.7. The van der Waals surface area contributed by atoms with Crippen LogP contribution in [-0.4, -0.2) is 85.8 Å². The summed E-state index contributed by atoms with van der Waals surface area (Å²) in [5.74, 6) is -0.0759. The number of carbonyl (C=O) groups excluding carboxylic acids is 1. The van der Waals surface area contributed by atoms with Gasteiger partial charge in [0, 0.05) is 55.9 Å². The van der Waals surface area contributed by atoms with E-state index in [9.17, 15) is 17.6 Å². The summed E-state index contributed by atoms with van der Waals surface area (Å²) in [6.45, 7) is 6.01. The largest absolute Gasteiger partial charge is 0.338 e. The van der Waals surface area contributed by atoms with E-state index in [2.05, 4.69) is 9.80 Å². The summed E-state index contributed by atoms with van der Waals surface area (Å²) in [6.07, 6.45) is 0.527. The molecule has 1 aromatic rings. The fourth-order valence-corrected chi connectivity index (χ4v) is 5.91. The molecule has 28 heavy (non-hydrogen) atoms. The maximum absolute atomic E-state index is 14.0. The Labute approximate surface area is 171 Å². The van der Waals surface area contributed by atoms with Crippen molar-refractivity contribution in [3.63, 3.8) is 0 Å². The van der Waals surface area contributed by atoms with Gasteiger partial charge in [0.25, 0.3) is 0 Å². The van der Waals surface area contributed by atoms with Gasteiger partial charge in [-0.25, -0.2) is 12.8 Å². The molecule has 2 aliphatic rings. The van der Waals surface area contributed by atoms with Crippen molar-refractivity contribution >= 4 is 27.3 Å². The highest BCUT2D eigenvalue weighted by molar-refractivity contribution is 7.91. The molecule has 0 bridgehead atoms. The van der Waals surface area contributed by atoms with Crippen LogP contribution in [0.4, 0.5) is 4.39 Å². The molecule has 2 heterocycles. The molecule has 1 unspecified atom stereocenters. The number of carbonyl (C=O) groups is 1. The lowest BCUT2D eigenvalue weighted by Gasteiger charge is -2.36. The van der Waals surface area contributed by atoms with Gasteiger partial charge >= 0.3 is 0 Å². The zero-order valence-electron chi connectivity index (χ0n) is 16.1. The van der Waals surface area contributed by atoms with Gasteiger partial charge in [-0.15, -0.1) is 0 Å². The molecule has 6 nitrogen and oxygen atoms in total. The van der Waals surface area contributed by atoms with E-state index in [4.69, 9.17) is 11.6 Å². The quantitative estimate of drug-likeness (QED) is 0.685. The lowest BCUT2D eigenvalue weighted by molar-refractivity contribution is -0.134. The van der Waals surface area contributed by atoms with E-state index < -0.39 is 9.84 Å². The number of sulfone groups is 1. The van der Waals surface area contributed by atoms with Gasteiger partial charge in [-0.3, -0.25) is 14.6 Å². The first kappa shape index (κ1) is 21.5. The molecule has 2 saturated heterocycles. The fraction of sp³-hybridized carbons (Fsp3) is 0.632. The molecular formula is C19H27ClFN3O3S. The maximum atomic E-state index is 14.0. The van der Waals surface area contributed by atoms with Crippen molar-refractivity contribution in [1.29, 1.82) is 0 Å². The Morgan fingerprint density at radius 3 is 2.50 bits per heavy atom. The number of rotatable bonds is 6. The Kier molecular flexibility index (Phi) is 6.96. The number of benzene rings is 1. The van der Waals surface area contributed by atoms with Crippen molar-refractivity contribution in [3.8, 4) is 0 Å². The second-order valence-corrected chi connectivity index (χ2v) is 10.1. The summed E-state index contributed by atoms with van der Waals surface area (Å²) in [5.41, 5.74) is 0.508. The first-order valence-corrected chi connectivity index (χ1v) is 11.9. The Bertz CT molecular complexity index is 792. The summed E-state index contributed by atoms with van der Waals surface area (Å²) in [6, 6.07) is 4.50. The van der Waals surface area contributed by atoms with E-state index in [1.807, 2.05) is 6.92 Å². The van der Waals surface area contributed by atoms with Crippen molar-refractivity contribution < 1.29 is 17.6 Å². The predicted octanol–water partition coefficient (Wildman–Crippen LogP) is 1.63. The van der Waals surface area contributed by atoms with Crippen LogP contribution in [0.15, 0.2) is 18.2 Å². The lowest BCUT2D eigenvalue weighted by Crippen LogP contribution is -2.51. The Hall–Kier alpha value is -1.22. The molecule has 9 heteroatoms. The van der Waals surface area contributed by atoms with Crippen LogP contribution in [0.3, 0.4) is 0 Å². The molecule has 0 aliphatic carbocycles. The molecule has 0 spiro atoms. The minimum atomic E-state index is -3.02. The minimum absolute atomic E-state index is 0.0183. The summed E-state index contributed by atoms with van der Waals surface area (Å²) in [7, 11) is -3.02. The number of nitrogens with zero attached hydrogens (tertiary/aromatic N) is 3. The molecule has 0 aromatic heterocycles. The van der Waals surface area contributed by atoms with Gasteiger partial charge in [-0.2, -0.15) is 0 Å². The monoisotopic (exact) mass is 431 g/mol. The third-order valence-corrected chi connectivity index (χ3v) is 7.68. The van der Waals surface area contributed by atoms with Gasteiger partial charge in [0.15, 0.2) is 9.84 Å². The Morgan fingerprint density at radius 2 is 1.93 bits per heavy atom. The van der Waals surface area contributed by atoms with E-state index in [0.29, 0.717) is 49.7 Å². The SMILES string of the molecule is CCN(C(=O)CN1CCN(Cc2c(F)cccc2Cl)CC1)C1CCS(=O)(=O)C1. The molecule has 1 aromatic carbocycles. The maximum Gasteiger partial charge on any atom is 0.237 e. The first-order valence-electron chi connectivity index (χ1n) is 9.66. The van der Waals surface area contributed by atoms with Crippen LogP contribution in [0.2, 0.25) is 5.02 Å². The van der Waals surface area contributed by atoms with Gasteiger partial charge < -0.3 is 4.90 Å². The third-order valence-electron chi connectivity index (χ3n) is 5.58. The van der Waals surface area contributed by atoms with Crippen molar-refractivity contribution in [2.24, 2.45) is 0 Å². The van der Waals surface area contributed by atoms with Crippen LogP contribution in [0.25, 0.3) is 0 Å². The number of amides is 1. The van der Waals surface area contributed by atoms with Crippen LogP contribution in [-0.2, 0) is 21.2 Å². The van der Waals surface area contributed by atoms with Crippen LogP contribution in [0.1, 0.15) is 18.9 Å². The average Bonchev–Trinajstić information content (AvgIpc) is 3.00. The minimum Gasteiger partial charge on any atom is -0.338 e. The Morgan fingerprint density at radius 1 is 1.25 bits per heavy atom. The number of halogens is 2. The molecule has 1 amide bonds. The van der Waals surface area contributed by atoms with E-state index in [-0.39, 0.29) is 29.3 Å². The van der Waals surface area contributed by atoms with Gasteiger partial charge in [-0.05, 0) is 25.5 Å². The summed E-state index contributed by atoms with van der Waals surface area (Å²) < 4.78 is 37.4. The van der Waals surface area contributed by atoms with Crippen LogP contribution < -0.4 is 0 Å². The van der Waals surface area contributed by atoms with Crippen molar-refractivity contribution in [2.75, 3.05) is 50.8 Å². The number of hydrogen-bond acceptors (Lipinski definition) is 5. The standard InChI is InChI=1S/C19H27ClFN3O3S/c1-2-24(15-6-11-28(26,27)14-15)19(25)13-23-9-7-22(8-10-23)12-16-17(20)4-3-5-18(16)21/h3-5,15H,2,6-14H2,1H3. The van der Waals surface area contributed by atoms with Crippen molar-refractivity contribution in [3.05, 3.63) is 34.6 Å². The molecular weight excluding hydrogens is 405 g/mol. The zero-order chi connectivity index (χ0) is 20.3. The van der Waals surface area contributed by atoms with E-state index in [1.54, 1.807) is 17.0 Å². The van der Waals surface area contributed by atoms with E-state index in [0.717, 1.165) is 13.1 Å². The highest BCUT2D eigenvalue weighted by atomic mass is 35.5. The van der Waals surface area contributed by atoms with Gasteiger partial charge in [0.1, 0.15) is 5.82 Å². The normalized spacial score (nSPS) is 23.0. The highest BCUT2D eigenvalue weighted by Gasteiger charge is 2.34. The molecule has 0 radical (unpaired) electrons. The third kappa shape index (κ3) is 5.23. The number of piperazine rings is 1. The smallest absolute Gasteiger partial charge is 0.237 e. The van der Waals surface area contributed by atoms with Crippen LogP contribution in [0, 0.1) is 5.82 Å². The Balaban J connectivity index is 1.50. The molecule has 0 N–H and O–H groups in total. The van der Waals surface area contributed by atoms with Crippen LogP contribution >= 0.6 is 11.6 Å². The molecule has 3 rings (SSSR count). The molecule has 2 fully saturated rings. The topological polar surface area (TPSA) is 60.9 Å². The molecule has 2 aliphatic heterocycles. The van der Waals surface area contributed by atoms with E-state index in [1.165, 1.54) is 6.07 Å². The molecule has 156 valence electrons. The molecule has 1 atom stereocenters. The number of hydrogen-bond donors (Lipinski definition) is 0. The van der Waals surface area contributed by atoms with Gasteiger partial charge in [-0.1, -0.05) is 17.7 Å². The van der Waals surface area contributed by atoms with Crippen molar-refractivity contribution in [2.45, 2.75) is 25.9 Å². The summed E-state index contributed by atoms with van der Waals surface area (Å²) >= 11 is 6.11. The van der Waals surface area contributed by atoms with Gasteiger partial charge in [0.05, 0.1) is 18.1 Å². The average molecular weight is 432 g/mol. The van der Waals surface area contributed by atoms with E-state index >= 15 is 0 Å². The van der Waals surface area contributed by atoms with Crippen molar-refractivity contribution in [1.82, 2.24) is 14.7 Å². The van der Waals surface area contributed by atoms with Crippen LogP contribution in [0.5, 0.6) is 0 Å². The van der Waals surface area contributed by atoms with Gasteiger partial charge in [0.2, 0.25) is 5.91 Å². The fourth-order valence-electron chi connectivity index (χ4n) is 3.95. The first-order chi connectivity index (χ1) is 13.3. The summed E-state index contributed by atoms with van der Waals surface area (Å²) in [4.78, 5) is 18.6. The highest BCUT2D eigenvalue weighted by Crippen LogP contribution is 2.22. The number of likely N-dealkylation sites (N-methyl/N-ethyl adjacent to an activating group) is 1. The summed E-state index contributed by atoms with van der Waals surface area (Å²) in [5, 5.41) is 0.433. The molecule has 0 saturated carbocycles. The lowest BCUT2D eigenvalue weighted by atomic mass is 10.1. The predicted molar refractivity (Wildman–Crippen MR) is 108 cm³/mol. The second-order valence-electron chi connectivity index (χ2n) is 7.49.